The molecule has 29 heavy (non-hydrogen) atoms. The van der Waals surface area contributed by atoms with Crippen LogP contribution in [0.4, 0.5) is 0 Å². The number of sulfonamides is 1. The van der Waals surface area contributed by atoms with Gasteiger partial charge in [0.1, 0.15) is 5.69 Å². The highest BCUT2D eigenvalue weighted by Gasteiger charge is 2.19. The van der Waals surface area contributed by atoms with E-state index in [1.807, 2.05) is 11.5 Å². The molecule has 0 saturated carbocycles. The second-order valence-electron chi connectivity index (χ2n) is 6.66. The maximum atomic E-state index is 12.6. The van der Waals surface area contributed by atoms with Gasteiger partial charge in [-0.3, -0.25) is 4.79 Å². The molecule has 0 amide bonds. The number of ketones is 1. The summed E-state index contributed by atoms with van der Waals surface area (Å²) in [5, 5.41) is 5.13. The lowest BCUT2D eigenvalue weighted by Gasteiger charge is -2.11. The molecule has 0 aliphatic heterocycles. The van der Waals surface area contributed by atoms with E-state index in [9.17, 15) is 18.0 Å². The van der Waals surface area contributed by atoms with Gasteiger partial charge in [-0.05, 0) is 56.3 Å². The second kappa shape index (κ2) is 7.69. The van der Waals surface area contributed by atoms with Crippen LogP contribution in [0.15, 0.2) is 53.6 Å². The van der Waals surface area contributed by atoms with Crippen molar-refractivity contribution in [1.29, 1.82) is 0 Å². The van der Waals surface area contributed by atoms with Gasteiger partial charge in [-0.1, -0.05) is 0 Å². The van der Waals surface area contributed by atoms with Gasteiger partial charge in [0.2, 0.25) is 15.8 Å². The monoisotopic (exact) mass is 415 g/mol. The Morgan fingerprint density at radius 2 is 1.76 bits per heavy atom. The summed E-state index contributed by atoms with van der Waals surface area (Å²) in [7, 11) is -2.07. The molecule has 0 radical (unpaired) electrons. The maximum Gasteiger partial charge on any atom is 0.355 e. The highest BCUT2D eigenvalue weighted by Crippen LogP contribution is 2.22. The third-order valence-corrected chi connectivity index (χ3v) is 5.57. The summed E-state index contributed by atoms with van der Waals surface area (Å²) in [5.41, 5.74) is 2.91. The number of nitrogens with zero attached hydrogens (tertiary/aromatic N) is 2. The molecule has 2 aromatic heterocycles. The van der Waals surface area contributed by atoms with Crippen LogP contribution in [0, 0.1) is 13.8 Å². The van der Waals surface area contributed by atoms with Gasteiger partial charge in [-0.15, -0.1) is 0 Å². The van der Waals surface area contributed by atoms with Gasteiger partial charge < -0.3 is 13.9 Å². The van der Waals surface area contributed by atoms with Gasteiger partial charge in [0.05, 0.1) is 4.90 Å². The first kappa shape index (κ1) is 20.6. The zero-order chi connectivity index (χ0) is 21.3. The van der Waals surface area contributed by atoms with Crippen molar-refractivity contribution in [3.8, 4) is 5.69 Å². The fourth-order valence-corrected chi connectivity index (χ4v) is 3.70. The number of carbonyl (C=O) groups is 2. The smallest absolute Gasteiger partial charge is 0.355 e. The summed E-state index contributed by atoms with van der Waals surface area (Å²) in [6.07, 6.45) is 1.72. The van der Waals surface area contributed by atoms with Gasteiger partial charge in [0.25, 0.3) is 0 Å². The molecular formula is C20H21N3O5S. The van der Waals surface area contributed by atoms with Crippen LogP contribution in [0.5, 0.6) is 0 Å². The van der Waals surface area contributed by atoms with E-state index in [0.29, 0.717) is 22.6 Å². The number of hydrogen-bond acceptors (Lipinski definition) is 5. The average molecular weight is 415 g/mol. The van der Waals surface area contributed by atoms with Gasteiger partial charge in [0, 0.05) is 35.9 Å². The summed E-state index contributed by atoms with van der Waals surface area (Å²) in [4.78, 5) is 24.7. The Morgan fingerprint density at radius 3 is 2.31 bits per heavy atom. The number of carbonyl (C=O) groups excluding carboxylic acids is 2. The Morgan fingerprint density at radius 1 is 1.10 bits per heavy atom. The summed E-state index contributed by atoms with van der Waals surface area (Å²) >= 11 is 0. The van der Waals surface area contributed by atoms with E-state index in [1.165, 1.54) is 12.1 Å². The molecule has 0 atom stereocenters. The lowest BCUT2D eigenvalue weighted by molar-refractivity contribution is 0.0465. The largest absolute Gasteiger partial charge is 0.453 e. The summed E-state index contributed by atoms with van der Waals surface area (Å²) in [5.74, 6) is -0.897. The first-order chi connectivity index (χ1) is 13.6. The third kappa shape index (κ3) is 4.15. The third-order valence-electron chi connectivity index (χ3n) is 4.64. The molecule has 3 rings (SSSR count). The molecule has 0 spiro atoms. The number of ether oxygens (including phenoxy) is 1. The Balaban J connectivity index is 1.81. The minimum atomic E-state index is -3.78. The van der Waals surface area contributed by atoms with Crippen LogP contribution in [-0.2, 0) is 21.8 Å². The Bertz CT molecular complexity index is 1190. The second-order valence-corrected chi connectivity index (χ2v) is 8.22. The average Bonchev–Trinajstić information content (AvgIpc) is 3.21. The zero-order valence-electron chi connectivity index (χ0n) is 16.2. The maximum absolute atomic E-state index is 12.6. The van der Waals surface area contributed by atoms with Crippen LogP contribution in [0.2, 0.25) is 0 Å². The van der Waals surface area contributed by atoms with Crippen LogP contribution in [0.3, 0.4) is 0 Å². The molecule has 2 N–H and O–H groups in total. The molecule has 3 aromatic rings. The lowest BCUT2D eigenvalue weighted by Crippen LogP contribution is -2.16. The van der Waals surface area contributed by atoms with E-state index in [1.54, 1.807) is 55.1 Å². The van der Waals surface area contributed by atoms with Crippen LogP contribution < -0.4 is 5.14 Å². The highest BCUT2D eigenvalue weighted by atomic mass is 32.2. The first-order valence-electron chi connectivity index (χ1n) is 8.73. The van der Waals surface area contributed by atoms with Gasteiger partial charge in [-0.2, -0.15) is 0 Å². The molecule has 0 fully saturated rings. The fraction of sp³-hybridized carbons (Fsp3) is 0.200. The van der Waals surface area contributed by atoms with E-state index in [-0.39, 0.29) is 17.3 Å². The number of rotatable bonds is 6. The van der Waals surface area contributed by atoms with E-state index in [4.69, 9.17) is 9.88 Å². The Hall–Kier alpha value is -3.17. The van der Waals surface area contributed by atoms with E-state index >= 15 is 0 Å². The number of primary sulfonamides is 1. The number of Topliss-reactive ketones (excluding diaryl/α,β-unsaturated/α-hetero) is 1. The predicted octanol–water partition coefficient (Wildman–Crippen LogP) is 2.12. The van der Waals surface area contributed by atoms with Gasteiger partial charge in [-0.25, -0.2) is 18.4 Å². The highest BCUT2D eigenvalue weighted by molar-refractivity contribution is 7.89. The van der Waals surface area contributed by atoms with E-state index in [2.05, 4.69) is 0 Å². The quantitative estimate of drug-likeness (QED) is 0.489. The molecule has 8 nitrogen and oxygen atoms in total. The summed E-state index contributed by atoms with van der Waals surface area (Å²) < 4.78 is 31.4. The first-order valence-corrected chi connectivity index (χ1v) is 10.3. The number of aryl methyl sites for hydroxylation is 2. The van der Waals surface area contributed by atoms with Crippen LogP contribution in [0.25, 0.3) is 5.69 Å². The minimum Gasteiger partial charge on any atom is -0.453 e. The number of benzene rings is 1. The zero-order valence-corrected chi connectivity index (χ0v) is 17.1. The molecule has 0 aliphatic carbocycles. The van der Waals surface area contributed by atoms with Crippen molar-refractivity contribution < 1.29 is 22.7 Å². The van der Waals surface area contributed by atoms with Crippen LogP contribution in [0.1, 0.15) is 32.2 Å². The number of esters is 1. The number of hydrogen-bond donors (Lipinski definition) is 1. The molecule has 2 heterocycles. The van der Waals surface area contributed by atoms with Crippen molar-refractivity contribution in [3.05, 3.63) is 71.3 Å². The molecule has 0 bridgehead atoms. The van der Waals surface area contributed by atoms with Crippen molar-refractivity contribution in [1.82, 2.24) is 9.13 Å². The topological polar surface area (TPSA) is 113 Å². The Labute approximate surface area is 168 Å². The van der Waals surface area contributed by atoms with Crippen LogP contribution in [-0.4, -0.2) is 35.9 Å². The van der Waals surface area contributed by atoms with Crippen molar-refractivity contribution >= 4 is 21.8 Å². The van der Waals surface area contributed by atoms with Gasteiger partial charge >= 0.3 is 5.97 Å². The molecule has 9 heteroatoms. The number of nitrogens with two attached hydrogens (primary N) is 1. The molecule has 0 unspecified atom stereocenters. The lowest BCUT2D eigenvalue weighted by atomic mass is 10.1. The van der Waals surface area contributed by atoms with Gasteiger partial charge in [0.15, 0.2) is 6.61 Å². The minimum absolute atomic E-state index is 0.00704. The standard InChI is InChI=1S/C20H21N3O5S/c1-13-11-17(19(24)12-28-20(25)18-5-4-10-22(18)3)14(2)23(13)15-6-8-16(9-7-15)29(21,26)27/h4-11H,12H2,1-3H3,(H2,21,26,27). The summed E-state index contributed by atoms with van der Waals surface area (Å²) in [6, 6.07) is 11.1. The van der Waals surface area contributed by atoms with Crippen molar-refractivity contribution in [2.75, 3.05) is 6.61 Å². The van der Waals surface area contributed by atoms with Crippen molar-refractivity contribution in [3.63, 3.8) is 0 Å². The van der Waals surface area contributed by atoms with Crippen molar-refractivity contribution in [2.24, 2.45) is 12.2 Å². The molecular weight excluding hydrogens is 394 g/mol. The number of aromatic nitrogens is 2. The molecule has 0 aliphatic rings. The molecule has 1 aromatic carbocycles. The van der Waals surface area contributed by atoms with Crippen LogP contribution >= 0.6 is 0 Å². The predicted molar refractivity (Wildman–Crippen MR) is 107 cm³/mol. The fourth-order valence-electron chi connectivity index (χ4n) is 3.18. The SMILES string of the molecule is Cc1cc(C(=O)COC(=O)c2cccn2C)c(C)n1-c1ccc(S(N)(=O)=O)cc1. The molecule has 152 valence electrons. The van der Waals surface area contributed by atoms with E-state index in [0.717, 1.165) is 5.69 Å². The normalized spacial score (nSPS) is 11.4. The summed E-state index contributed by atoms with van der Waals surface area (Å²) in [6.45, 7) is 3.22. The van der Waals surface area contributed by atoms with Crippen molar-refractivity contribution in [2.45, 2.75) is 18.7 Å². The Kier molecular flexibility index (Phi) is 5.45. The molecule has 0 saturated heterocycles. The van der Waals surface area contributed by atoms with E-state index < -0.39 is 16.0 Å².